The van der Waals surface area contributed by atoms with Gasteiger partial charge in [-0.25, -0.2) is 4.79 Å². The number of hydrogen-bond donors (Lipinski definition) is 2. The van der Waals surface area contributed by atoms with Crippen molar-refractivity contribution in [3.63, 3.8) is 0 Å². The molecule has 2 heterocycles. The number of benzene rings is 1. The average Bonchev–Trinajstić information content (AvgIpc) is 3.10. The van der Waals surface area contributed by atoms with Crippen molar-refractivity contribution in [3.8, 4) is 0 Å². The van der Waals surface area contributed by atoms with Gasteiger partial charge in [-0.05, 0) is 36.6 Å². The van der Waals surface area contributed by atoms with Crippen molar-refractivity contribution in [2.24, 2.45) is 0 Å². The zero-order chi connectivity index (χ0) is 18.9. The van der Waals surface area contributed by atoms with E-state index in [4.69, 9.17) is 5.11 Å². The molecule has 2 N–H and O–H groups in total. The molecule has 1 aliphatic rings. The Morgan fingerprint density at radius 3 is 2.31 bits per heavy atom. The van der Waals surface area contributed by atoms with Crippen molar-refractivity contribution < 1.29 is 28.2 Å². The summed E-state index contributed by atoms with van der Waals surface area (Å²) < 4.78 is 39.6. The number of alkyl halides is 3. The van der Waals surface area contributed by atoms with Crippen molar-refractivity contribution in [2.45, 2.75) is 31.2 Å². The maximum atomic E-state index is 12.7. The predicted molar refractivity (Wildman–Crippen MR) is 85.6 cm³/mol. The molecule has 1 fully saturated rings. The molecule has 0 saturated carbocycles. The van der Waals surface area contributed by atoms with E-state index in [9.17, 15) is 23.1 Å². The first-order valence-corrected chi connectivity index (χ1v) is 8.14. The van der Waals surface area contributed by atoms with Gasteiger partial charge in [0, 0.05) is 19.3 Å². The summed E-state index contributed by atoms with van der Waals surface area (Å²) in [6.07, 6.45) is -3.87. The van der Waals surface area contributed by atoms with Crippen LogP contribution < -0.4 is 0 Å². The first kappa shape index (κ1) is 18.2. The molecule has 0 bridgehead atoms. The van der Waals surface area contributed by atoms with Gasteiger partial charge in [0.15, 0.2) is 0 Å². The Balaban J connectivity index is 1.77. The van der Waals surface area contributed by atoms with Gasteiger partial charge in [0.2, 0.25) is 0 Å². The van der Waals surface area contributed by atoms with Crippen LogP contribution in [0.5, 0.6) is 0 Å². The minimum absolute atomic E-state index is 0.0697. The zero-order valence-corrected chi connectivity index (χ0v) is 13.7. The van der Waals surface area contributed by atoms with Gasteiger partial charge in [-0.3, -0.25) is 4.68 Å². The second kappa shape index (κ2) is 6.99. The maximum Gasteiger partial charge on any atom is 0.416 e. The molecule has 1 aromatic heterocycles. The van der Waals surface area contributed by atoms with Crippen LogP contribution >= 0.6 is 0 Å². The molecule has 6 nitrogen and oxygen atoms in total. The molecular weight excluding hydrogens is 351 g/mol. The van der Waals surface area contributed by atoms with E-state index in [1.54, 1.807) is 10.7 Å². The molecular formula is C17H18F3N3O3. The van der Waals surface area contributed by atoms with Crippen molar-refractivity contribution in [2.75, 3.05) is 13.1 Å². The summed E-state index contributed by atoms with van der Waals surface area (Å²) in [7, 11) is 0. The lowest BCUT2D eigenvalue weighted by Crippen LogP contribution is -2.38. The van der Waals surface area contributed by atoms with Crippen LogP contribution in [-0.4, -0.2) is 44.1 Å². The molecule has 26 heavy (non-hydrogen) atoms. The van der Waals surface area contributed by atoms with Gasteiger partial charge in [-0.15, -0.1) is 0 Å². The smallest absolute Gasteiger partial charge is 0.416 e. The number of halogens is 3. The second-order valence-electron chi connectivity index (χ2n) is 6.22. The number of hydrogen-bond acceptors (Lipinski definition) is 3. The van der Waals surface area contributed by atoms with E-state index in [0.29, 0.717) is 37.2 Å². The van der Waals surface area contributed by atoms with Gasteiger partial charge in [-0.1, -0.05) is 12.1 Å². The van der Waals surface area contributed by atoms with Crippen LogP contribution in [0.1, 0.15) is 41.8 Å². The molecule has 0 radical (unpaired) electrons. The number of aromatic nitrogens is 2. The van der Waals surface area contributed by atoms with E-state index < -0.39 is 23.9 Å². The van der Waals surface area contributed by atoms with E-state index in [-0.39, 0.29) is 6.04 Å². The lowest BCUT2D eigenvalue weighted by atomic mass is 10.0. The third-order valence-electron chi connectivity index (χ3n) is 4.62. The summed E-state index contributed by atoms with van der Waals surface area (Å²) in [4.78, 5) is 12.3. The van der Waals surface area contributed by atoms with Crippen LogP contribution in [0.2, 0.25) is 0 Å². The van der Waals surface area contributed by atoms with Crippen LogP contribution in [0.3, 0.4) is 0 Å². The second-order valence-corrected chi connectivity index (χ2v) is 6.22. The van der Waals surface area contributed by atoms with Crippen LogP contribution in [0.15, 0.2) is 36.5 Å². The van der Waals surface area contributed by atoms with Gasteiger partial charge in [0.05, 0.1) is 17.3 Å². The van der Waals surface area contributed by atoms with E-state index >= 15 is 0 Å². The first-order valence-electron chi connectivity index (χ1n) is 8.14. The fraction of sp³-hybridized carbons (Fsp3) is 0.412. The molecule has 140 valence electrons. The van der Waals surface area contributed by atoms with Gasteiger partial charge < -0.3 is 15.1 Å². The molecule has 1 amide bonds. The van der Waals surface area contributed by atoms with E-state index in [0.717, 1.165) is 12.1 Å². The van der Waals surface area contributed by atoms with Crippen molar-refractivity contribution >= 4 is 6.09 Å². The lowest BCUT2D eigenvalue weighted by molar-refractivity contribution is -0.137. The molecule has 0 spiro atoms. The predicted octanol–water partition coefficient (Wildman–Crippen LogP) is 3.30. The van der Waals surface area contributed by atoms with Crippen LogP contribution in [0, 0.1) is 0 Å². The molecule has 1 aliphatic heterocycles. The minimum Gasteiger partial charge on any atom is -0.465 e. The Hall–Kier alpha value is -2.55. The summed E-state index contributed by atoms with van der Waals surface area (Å²) in [5, 5.41) is 23.8. The molecule has 3 rings (SSSR count). The number of carbonyl (C=O) groups is 1. The van der Waals surface area contributed by atoms with Gasteiger partial charge in [0.25, 0.3) is 0 Å². The molecule has 1 atom stereocenters. The van der Waals surface area contributed by atoms with Crippen LogP contribution in [-0.2, 0) is 6.18 Å². The Morgan fingerprint density at radius 2 is 1.77 bits per heavy atom. The topological polar surface area (TPSA) is 78.6 Å². The standard InChI is InChI=1S/C17H18F3N3O3/c18-17(19,20)12-3-1-11(2-4-12)15(24)14-5-8-21-23(14)13-6-9-22(10-7-13)16(25)26/h1-5,8,13,15,24H,6-7,9-10H2,(H,25,26). The SMILES string of the molecule is O=C(O)N1CCC(n2nccc2C(O)c2ccc(C(F)(F)F)cc2)CC1. The van der Waals surface area contributed by atoms with Gasteiger partial charge in [-0.2, -0.15) is 18.3 Å². The van der Waals surface area contributed by atoms with Crippen molar-refractivity contribution in [3.05, 3.63) is 53.3 Å². The summed E-state index contributed by atoms with van der Waals surface area (Å²) >= 11 is 0. The Bertz CT molecular complexity index is 766. The normalized spacial score (nSPS) is 17.3. The number of piperidine rings is 1. The largest absolute Gasteiger partial charge is 0.465 e. The van der Waals surface area contributed by atoms with Crippen LogP contribution in [0.4, 0.5) is 18.0 Å². The molecule has 1 aromatic carbocycles. The van der Waals surface area contributed by atoms with E-state index in [2.05, 4.69) is 5.10 Å². The Morgan fingerprint density at radius 1 is 1.15 bits per heavy atom. The monoisotopic (exact) mass is 369 g/mol. The molecule has 2 aromatic rings. The number of nitrogens with zero attached hydrogens (tertiary/aromatic N) is 3. The summed E-state index contributed by atoms with van der Waals surface area (Å²) in [6, 6.07) is 5.91. The number of amides is 1. The maximum absolute atomic E-state index is 12.7. The molecule has 0 aliphatic carbocycles. The molecule has 9 heteroatoms. The third-order valence-corrected chi connectivity index (χ3v) is 4.62. The fourth-order valence-electron chi connectivity index (χ4n) is 3.17. The van der Waals surface area contributed by atoms with Gasteiger partial charge >= 0.3 is 12.3 Å². The zero-order valence-electron chi connectivity index (χ0n) is 13.7. The highest BCUT2D eigenvalue weighted by Gasteiger charge is 2.31. The van der Waals surface area contributed by atoms with Crippen molar-refractivity contribution in [1.29, 1.82) is 0 Å². The number of rotatable bonds is 3. The molecule has 1 unspecified atom stereocenters. The van der Waals surface area contributed by atoms with Crippen molar-refractivity contribution in [1.82, 2.24) is 14.7 Å². The lowest BCUT2D eigenvalue weighted by Gasteiger charge is -2.31. The Kier molecular flexibility index (Phi) is 4.90. The highest BCUT2D eigenvalue weighted by atomic mass is 19.4. The summed E-state index contributed by atoms with van der Waals surface area (Å²) in [5.41, 5.74) is 0.0317. The summed E-state index contributed by atoms with van der Waals surface area (Å²) in [6.45, 7) is 0.741. The quantitative estimate of drug-likeness (QED) is 0.870. The number of aliphatic hydroxyl groups is 1. The summed E-state index contributed by atoms with van der Waals surface area (Å²) in [5.74, 6) is 0. The van der Waals surface area contributed by atoms with Gasteiger partial charge in [0.1, 0.15) is 6.10 Å². The Labute approximate surface area is 147 Å². The minimum atomic E-state index is -4.43. The number of likely N-dealkylation sites (tertiary alicyclic amines) is 1. The number of carboxylic acid groups (broad SMARTS) is 1. The van der Waals surface area contributed by atoms with E-state index in [1.807, 2.05) is 0 Å². The molecule has 1 saturated heterocycles. The highest BCUT2D eigenvalue weighted by Crippen LogP contribution is 2.32. The highest BCUT2D eigenvalue weighted by molar-refractivity contribution is 5.65. The number of aliphatic hydroxyl groups excluding tert-OH is 1. The van der Waals surface area contributed by atoms with Crippen LogP contribution in [0.25, 0.3) is 0 Å². The third kappa shape index (κ3) is 3.67. The first-order chi connectivity index (χ1) is 12.3. The fourth-order valence-corrected chi connectivity index (χ4v) is 3.17. The van der Waals surface area contributed by atoms with E-state index in [1.165, 1.54) is 23.2 Å². The average molecular weight is 369 g/mol.